The van der Waals surface area contributed by atoms with Crippen molar-refractivity contribution in [2.45, 2.75) is 46.5 Å². The molecule has 0 radical (unpaired) electrons. The minimum absolute atomic E-state index is 0.0886. The van der Waals surface area contributed by atoms with E-state index in [1.54, 1.807) is 0 Å². The van der Waals surface area contributed by atoms with Gasteiger partial charge in [0.2, 0.25) is 5.78 Å². The molecule has 0 spiro atoms. The molecule has 0 bridgehead atoms. The molecule has 0 aromatic carbocycles. The fourth-order valence-corrected chi connectivity index (χ4v) is 0.921. The summed E-state index contributed by atoms with van der Waals surface area (Å²) in [7, 11) is 0. The van der Waals surface area contributed by atoms with E-state index in [0.717, 1.165) is 19.3 Å². The van der Waals surface area contributed by atoms with E-state index in [9.17, 15) is 9.59 Å². The Kier molecular flexibility index (Phi) is 5.60. The van der Waals surface area contributed by atoms with E-state index < -0.39 is 0 Å². The summed E-state index contributed by atoms with van der Waals surface area (Å²) in [5.74, 6) is -0.466. The summed E-state index contributed by atoms with van der Waals surface area (Å²) in [6.07, 6.45) is 3.00. The van der Waals surface area contributed by atoms with Crippen molar-refractivity contribution in [3.05, 3.63) is 0 Å². The van der Waals surface area contributed by atoms with Gasteiger partial charge in [-0.25, -0.2) is 0 Å². The van der Waals surface area contributed by atoms with Crippen molar-refractivity contribution in [1.29, 1.82) is 0 Å². The molecule has 0 N–H and O–H groups in total. The second-order valence-electron chi connectivity index (χ2n) is 3.20. The third-order valence-electron chi connectivity index (χ3n) is 2.09. The van der Waals surface area contributed by atoms with Crippen LogP contribution in [-0.2, 0) is 9.59 Å². The monoisotopic (exact) mass is 170 g/mol. The molecule has 2 heteroatoms. The Morgan fingerprint density at radius 1 is 1.25 bits per heavy atom. The van der Waals surface area contributed by atoms with Gasteiger partial charge >= 0.3 is 0 Å². The van der Waals surface area contributed by atoms with Crippen LogP contribution in [0.3, 0.4) is 0 Å². The zero-order valence-corrected chi connectivity index (χ0v) is 8.22. The minimum atomic E-state index is -0.189. The van der Waals surface area contributed by atoms with Crippen LogP contribution >= 0.6 is 0 Å². The highest BCUT2D eigenvalue weighted by Crippen LogP contribution is 2.06. The van der Waals surface area contributed by atoms with Crippen LogP contribution in [0, 0.1) is 5.92 Å². The van der Waals surface area contributed by atoms with Crippen LogP contribution < -0.4 is 0 Å². The van der Waals surface area contributed by atoms with Crippen molar-refractivity contribution < 1.29 is 9.59 Å². The molecule has 2 nitrogen and oxygen atoms in total. The minimum Gasteiger partial charge on any atom is -0.291 e. The van der Waals surface area contributed by atoms with Crippen molar-refractivity contribution in [2.75, 3.05) is 0 Å². The third kappa shape index (κ3) is 3.65. The summed E-state index contributed by atoms with van der Waals surface area (Å²) < 4.78 is 0. The molecule has 0 heterocycles. The summed E-state index contributed by atoms with van der Waals surface area (Å²) in [6, 6.07) is 0. The smallest absolute Gasteiger partial charge is 0.201 e. The lowest BCUT2D eigenvalue weighted by Gasteiger charge is -2.04. The maximum absolute atomic E-state index is 11.2. The molecule has 0 rings (SSSR count). The first-order valence-electron chi connectivity index (χ1n) is 4.70. The predicted molar refractivity (Wildman–Crippen MR) is 49.0 cm³/mol. The lowest BCUT2D eigenvalue weighted by molar-refractivity contribution is -0.138. The van der Waals surface area contributed by atoms with Crippen molar-refractivity contribution in [3.8, 4) is 0 Å². The Labute approximate surface area is 74.3 Å². The zero-order chi connectivity index (χ0) is 9.56. The highest BCUT2D eigenvalue weighted by Gasteiger charge is 2.18. The van der Waals surface area contributed by atoms with E-state index in [0.29, 0.717) is 6.42 Å². The molecule has 0 aliphatic rings. The number of carbonyl (C=O) groups excluding carboxylic acids is 2. The van der Waals surface area contributed by atoms with E-state index in [2.05, 4.69) is 0 Å². The molecule has 1 unspecified atom stereocenters. The largest absolute Gasteiger partial charge is 0.291 e. The summed E-state index contributed by atoms with van der Waals surface area (Å²) in [6.45, 7) is 5.75. The van der Waals surface area contributed by atoms with Gasteiger partial charge in [-0.05, 0) is 12.8 Å². The van der Waals surface area contributed by atoms with E-state index >= 15 is 0 Å². The maximum Gasteiger partial charge on any atom is 0.201 e. The summed E-state index contributed by atoms with van der Waals surface area (Å²) >= 11 is 0. The van der Waals surface area contributed by atoms with Crippen LogP contribution in [0.15, 0.2) is 0 Å². The number of ketones is 2. The van der Waals surface area contributed by atoms with Crippen molar-refractivity contribution in [3.63, 3.8) is 0 Å². The molecular formula is C10H18O2. The van der Waals surface area contributed by atoms with Gasteiger partial charge in [-0.2, -0.15) is 0 Å². The average Bonchev–Trinajstić information content (AvgIpc) is 2.11. The Morgan fingerprint density at radius 2 is 1.83 bits per heavy atom. The maximum atomic E-state index is 11.2. The van der Waals surface area contributed by atoms with Crippen LogP contribution in [0.4, 0.5) is 0 Å². The number of rotatable bonds is 6. The topological polar surface area (TPSA) is 34.1 Å². The highest BCUT2D eigenvalue weighted by molar-refractivity contribution is 6.37. The SMILES string of the molecule is CCCCC(=O)C(=O)C(C)CC. The Morgan fingerprint density at radius 3 is 2.25 bits per heavy atom. The molecule has 1 atom stereocenters. The summed E-state index contributed by atoms with van der Waals surface area (Å²) in [4.78, 5) is 22.4. The normalized spacial score (nSPS) is 12.6. The lowest BCUT2D eigenvalue weighted by atomic mass is 9.98. The number of unbranched alkanes of at least 4 members (excludes halogenated alkanes) is 1. The van der Waals surface area contributed by atoms with E-state index in [4.69, 9.17) is 0 Å². The molecular weight excluding hydrogens is 152 g/mol. The van der Waals surface area contributed by atoms with Gasteiger partial charge < -0.3 is 0 Å². The number of hydrogen-bond donors (Lipinski definition) is 0. The summed E-state index contributed by atoms with van der Waals surface area (Å²) in [5.41, 5.74) is 0. The van der Waals surface area contributed by atoms with Crippen LogP contribution in [0.5, 0.6) is 0 Å². The molecule has 0 aliphatic heterocycles. The van der Waals surface area contributed by atoms with Gasteiger partial charge in [0.1, 0.15) is 0 Å². The molecule has 0 saturated heterocycles. The second-order valence-corrected chi connectivity index (χ2v) is 3.20. The molecule has 0 aliphatic carbocycles. The lowest BCUT2D eigenvalue weighted by Crippen LogP contribution is -2.20. The average molecular weight is 170 g/mol. The van der Waals surface area contributed by atoms with Gasteiger partial charge in [0.15, 0.2) is 5.78 Å². The van der Waals surface area contributed by atoms with Gasteiger partial charge in [-0.1, -0.05) is 27.2 Å². The van der Waals surface area contributed by atoms with Gasteiger partial charge in [0.05, 0.1) is 0 Å². The van der Waals surface area contributed by atoms with E-state index in [-0.39, 0.29) is 17.5 Å². The molecule has 0 fully saturated rings. The van der Waals surface area contributed by atoms with Crippen LogP contribution in [0.1, 0.15) is 46.5 Å². The van der Waals surface area contributed by atoms with Gasteiger partial charge in [0, 0.05) is 12.3 Å². The molecule has 0 saturated carbocycles. The zero-order valence-electron chi connectivity index (χ0n) is 8.22. The number of hydrogen-bond acceptors (Lipinski definition) is 2. The predicted octanol–water partition coefficient (Wildman–Crippen LogP) is 2.36. The first kappa shape index (κ1) is 11.3. The Hall–Kier alpha value is -0.660. The molecule has 12 heavy (non-hydrogen) atoms. The van der Waals surface area contributed by atoms with Crippen LogP contribution in [-0.4, -0.2) is 11.6 Å². The van der Waals surface area contributed by atoms with Crippen LogP contribution in [0.25, 0.3) is 0 Å². The number of carbonyl (C=O) groups is 2. The first-order valence-corrected chi connectivity index (χ1v) is 4.70. The molecule has 0 aromatic heterocycles. The number of Topliss-reactive ketones (excluding diaryl/α,β-unsaturated/α-hetero) is 2. The van der Waals surface area contributed by atoms with Gasteiger partial charge in [-0.15, -0.1) is 0 Å². The van der Waals surface area contributed by atoms with Crippen molar-refractivity contribution >= 4 is 11.6 Å². The Balaban J connectivity index is 3.85. The summed E-state index contributed by atoms with van der Waals surface area (Å²) in [5, 5.41) is 0. The van der Waals surface area contributed by atoms with E-state index in [1.165, 1.54) is 0 Å². The fourth-order valence-electron chi connectivity index (χ4n) is 0.921. The Bertz CT molecular complexity index is 161. The molecule has 70 valence electrons. The second kappa shape index (κ2) is 5.92. The van der Waals surface area contributed by atoms with E-state index in [1.807, 2.05) is 20.8 Å². The first-order chi connectivity index (χ1) is 5.63. The highest BCUT2D eigenvalue weighted by atomic mass is 16.2. The van der Waals surface area contributed by atoms with Crippen molar-refractivity contribution in [1.82, 2.24) is 0 Å². The molecule has 0 aromatic rings. The quantitative estimate of drug-likeness (QED) is 0.573. The third-order valence-corrected chi connectivity index (χ3v) is 2.09. The molecule has 0 amide bonds. The van der Waals surface area contributed by atoms with Gasteiger partial charge in [-0.3, -0.25) is 9.59 Å². The van der Waals surface area contributed by atoms with Crippen LogP contribution in [0.2, 0.25) is 0 Å². The van der Waals surface area contributed by atoms with Gasteiger partial charge in [0.25, 0.3) is 0 Å². The fraction of sp³-hybridized carbons (Fsp3) is 0.800. The van der Waals surface area contributed by atoms with Crippen molar-refractivity contribution in [2.24, 2.45) is 5.92 Å². The standard InChI is InChI=1S/C10H18O2/c1-4-6-7-9(11)10(12)8(3)5-2/h8H,4-7H2,1-3H3.